The fraction of sp³-hybridized carbons (Fsp3) is 0.917. The van der Waals surface area contributed by atoms with Crippen LogP contribution in [-0.2, 0) is 4.79 Å². The summed E-state index contributed by atoms with van der Waals surface area (Å²) in [6.45, 7) is 8.91. The third kappa shape index (κ3) is 3.36. The van der Waals surface area contributed by atoms with Crippen molar-refractivity contribution in [3.05, 3.63) is 0 Å². The molecular formula is C12H23ClN2O. The minimum absolute atomic E-state index is 0.0606. The molecule has 1 N–H and O–H groups in total. The van der Waals surface area contributed by atoms with Crippen LogP contribution < -0.4 is 5.32 Å². The number of carbonyl (C=O) groups is 1. The van der Waals surface area contributed by atoms with Crippen LogP contribution in [0.15, 0.2) is 0 Å². The topological polar surface area (TPSA) is 32.3 Å². The number of hydrogen-bond acceptors (Lipinski definition) is 2. The van der Waals surface area contributed by atoms with Gasteiger partial charge in [-0.25, -0.2) is 0 Å². The summed E-state index contributed by atoms with van der Waals surface area (Å²) >= 11 is 5.77. The maximum absolute atomic E-state index is 11.8. The first-order valence-electron chi connectivity index (χ1n) is 6.09. The van der Waals surface area contributed by atoms with Gasteiger partial charge in [-0.2, -0.15) is 0 Å². The van der Waals surface area contributed by atoms with Gasteiger partial charge in [-0.1, -0.05) is 6.92 Å². The number of carbonyl (C=O) groups excluding carboxylic acids is 1. The molecule has 1 rings (SSSR count). The molecule has 4 heteroatoms. The summed E-state index contributed by atoms with van der Waals surface area (Å²) in [6.07, 6.45) is 2.43. The summed E-state index contributed by atoms with van der Waals surface area (Å²) in [6, 6.07) is 0.514. The fourth-order valence-electron chi connectivity index (χ4n) is 2.05. The van der Waals surface area contributed by atoms with Gasteiger partial charge in [0.15, 0.2) is 0 Å². The van der Waals surface area contributed by atoms with Gasteiger partial charge in [0.1, 0.15) is 0 Å². The highest BCUT2D eigenvalue weighted by Crippen LogP contribution is 2.19. The molecule has 1 heterocycles. The van der Waals surface area contributed by atoms with Gasteiger partial charge in [0.2, 0.25) is 5.91 Å². The van der Waals surface area contributed by atoms with E-state index in [4.69, 9.17) is 11.6 Å². The second-order valence-electron chi connectivity index (χ2n) is 5.15. The summed E-state index contributed by atoms with van der Waals surface area (Å²) in [5, 5.41) is 3.02. The van der Waals surface area contributed by atoms with E-state index in [2.05, 4.69) is 17.1 Å². The van der Waals surface area contributed by atoms with E-state index in [1.807, 2.05) is 13.8 Å². The summed E-state index contributed by atoms with van der Waals surface area (Å²) in [5.41, 5.74) is -0.461. The number of halogens is 1. The zero-order chi connectivity index (χ0) is 12.2. The Labute approximate surface area is 104 Å². The minimum Gasteiger partial charge on any atom is -0.354 e. The van der Waals surface area contributed by atoms with Crippen LogP contribution in [0.4, 0.5) is 0 Å². The molecule has 94 valence electrons. The number of likely N-dealkylation sites (tertiary alicyclic amines) is 1. The number of hydrogen-bond donors (Lipinski definition) is 1. The Bertz CT molecular complexity index is 243. The van der Waals surface area contributed by atoms with Gasteiger partial charge in [0.05, 0.1) is 5.41 Å². The zero-order valence-corrected chi connectivity index (χ0v) is 11.3. The van der Waals surface area contributed by atoms with Crippen molar-refractivity contribution in [3.8, 4) is 0 Å². The second-order valence-corrected chi connectivity index (χ2v) is 5.42. The van der Waals surface area contributed by atoms with Gasteiger partial charge in [0, 0.05) is 18.5 Å². The highest BCUT2D eigenvalue weighted by Gasteiger charge is 2.28. The minimum atomic E-state index is -0.461. The number of amides is 1. The molecular weight excluding hydrogens is 224 g/mol. The van der Waals surface area contributed by atoms with Crippen molar-refractivity contribution in [2.24, 2.45) is 5.41 Å². The highest BCUT2D eigenvalue weighted by atomic mass is 35.5. The average Bonchev–Trinajstić information content (AvgIpc) is 2.72. The van der Waals surface area contributed by atoms with E-state index in [1.54, 1.807) is 0 Å². The molecule has 0 aromatic heterocycles. The molecule has 3 nitrogen and oxygen atoms in total. The van der Waals surface area contributed by atoms with Crippen LogP contribution in [0, 0.1) is 5.41 Å². The Morgan fingerprint density at radius 1 is 1.56 bits per heavy atom. The van der Waals surface area contributed by atoms with Gasteiger partial charge < -0.3 is 5.32 Å². The normalized spacial score (nSPS) is 22.4. The number of nitrogens with one attached hydrogen (secondary N) is 1. The number of alkyl halides is 1. The third-order valence-electron chi connectivity index (χ3n) is 3.35. The Morgan fingerprint density at radius 3 is 2.81 bits per heavy atom. The molecule has 0 radical (unpaired) electrons. The molecule has 1 aliphatic heterocycles. The predicted molar refractivity (Wildman–Crippen MR) is 67.8 cm³/mol. The maximum atomic E-state index is 11.8. The van der Waals surface area contributed by atoms with Crippen molar-refractivity contribution < 1.29 is 4.79 Å². The molecule has 1 amide bonds. The number of likely N-dealkylation sites (N-methyl/N-ethyl adjacent to an activating group) is 1. The Kier molecular flexibility index (Phi) is 5.06. The van der Waals surface area contributed by atoms with Crippen molar-refractivity contribution in [1.82, 2.24) is 10.2 Å². The van der Waals surface area contributed by atoms with E-state index in [-0.39, 0.29) is 5.91 Å². The van der Waals surface area contributed by atoms with Gasteiger partial charge in [0.25, 0.3) is 0 Å². The van der Waals surface area contributed by atoms with E-state index < -0.39 is 5.41 Å². The molecule has 0 aromatic rings. The molecule has 1 saturated heterocycles. The van der Waals surface area contributed by atoms with E-state index in [0.29, 0.717) is 11.9 Å². The quantitative estimate of drug-likeness (QED) is 0.751. The summed E-state index contributed by atoms with van der Waals surface area (Å²) < 4.78 is 0. The van der Waals surface area contributed by atoms with Crippen molar-refractivity contribution in [1.29, 1.82) is 0 Å². The lowest BCUT2D eigenvalue weighted by Gasteiger charge is -2.26. The first-order valence-corrected chi connectivity index (χ1v) is 6.63. The Balaban J connectivity index is 2.37. The van der Waals surface area contributed by atoms with E-state index in [0.717, 1.165) is 19.6 Å². The first kappa shape index (κ1) is 13.8. The highest BCUT2D eigenvalue weighted by molar-refractivity contribution is 6.19. The Hall–Kier alpha value is -0.280. The zero-order valence-electron chi connectivity index (χ0n) is 10.6. The van der Waals surface area contributed by atoms with E-state index in [9.17, 15) is 4.79 Å². The summed E-state index contributed by atoms with van der Waals surface area (Å²) in [4.78, 5) is 14.3. The fourth-order valence-corrected chi connectivity index (χ4v) is 2.17. The van der Waals surface area contributed by atoms with Crippen molar-refractivity contribution in [2.45, 2.75) is 39.7 Å². The van der Waals surface area contributed by atoms with Crippen molar-refractivity contribution in [2.75, 3.05) is 25.5 Å². The molecule has 1 unspecified atom stereocenters. The first-order chi connectivity index (χ1) is 7.51. The van der Waals surface area contributed by atoms with Crippen LogP contribution in [0.3, 0.4) is 0 Å². The summed E-state index contributed by atoms with van der Waals surface area (Å²) in [7, 11) is 0. The molecule has 16 heavy (non-hydrogen) atoms. The number of nitrogens with zero attached hydrogens (tertiary/aromatic N) is 1. The molecule has 0 saturated carbocycles. The second kappa shape index (κ2) is 5.87. The standard InChI is InChI=1S/C12H23ClN2O/c1-4-15-7-5-6-10(15)8-14-11(16)12(2,3)9-13/h10H,4-9H2,1-3H3,(H,14,16). The van der Waals surface area contributed by atoms with Gasteiger partial charge in [-0.05, 0) is 39.8 Å². The third-order valence-corrected chi connectivity index (χ3v) is 4.02. The SMILES string of the molecule is CCN1CCCC1CNC(=O)C(C)(C)CCl. The molecule has 0 aliphatic carbocycles. The van der Waals surface area contributed by atoms with Crippen LogP contribution in [0.5, 0.6) is 0 Å². The van der Waals surface area contributed by atoms with Crippen LogP contribution >= 0.6 is 11.6 Å². The largest absolute Gasteiger partial charge is 0.354 e. The maximum Gasteiger partial charge on any atom is 0.226 e. The van der Waals surface area contributed by atoms with Gasteiger partial charge >= 0.3 is 0 Å². The lowest BCUT2D eigenvalue weighted by molar-refractivity contribution is -0.128. The van der Waals surface area contributed by atoms with Gasteiger partial charge in [-0.3, -0.25) is 9.69 Å². The summed E-state index contributed by atoms with van der Waals surface area (Å²) in [5.74, 6) is 0.423. The molecule has 1 atom stereocenters. The van der Waals surface area contributed by atoms with E-state index >= 15 is 0 Å². The molecule has 1 aliphatic rings. The number of rotatable bonds is 5. The average molecular weight is 247 g/mol. The monoisotopic (exact) mass is 246 g/mol. The van der Waals surface area contributed by atoms with Crippen molar-refractivity contribution in [3.63, 3.8) is 0 Å². The lowest BCUT2D eigenvalue weighted by Crippen LogP contribution is -2.45. The van der Waals surface area contributed by atoms with Crippen LogP contribution in [-0.4, -0.2) is 42.4 Å². The lowest BCUT2D eigenvalue weighted by atomic mass is 9.95. The van der Waals surface area contributed by atoms with Crippen LogP contribution in [0.2, 0.25) is 0 Å². The van der Waals surface area contributed by atoms with Crippen LogP contribution in [0.1, 0.15) is 33.6 Å². The molecule has 0 aromatic carbocycles. The van der Waals surface area contributed by atoms with E-state index in [1.165, 1.54) is 12.8 Å². The van der Waals surface area contributed by atoms with Crippen LogP contribution in [0.25, 0.3) is 0 Å². The Morgan fingerprint density at radius 2 is 2.25 bits per heavy atom. The predicted octanol–water partition coefficient (Wildman–Crippen LogP) is 1.85. The molecule has 1 fully saturated rings. The van der Waals surface area contributed by atoms with Gasteiger partial charge in [-0.15, -0.1) is 11.6 Å². The smallest absolute Gasteiger partial charge is 0.226 e. The molecule has 0 spiro atoms. The molecule has 0 bridgehead atoms. The van der Waals surface area contributed by atoms with Crippen molar-refractivity contribution >= 4 is 17.5 Å².